The average Bonchev–Trinajstić information content (AvgIpc) is 3.10. The molecular weight excluding hydrogens is 252 g/mol. The van der Waals surface area contributed by atoms with Gasteiger partial charge in [-0.2, -0.15) is 0 Å². The molecule has 1 fully saturated rings. The minimum absolute atomic E-state index is 0.0309. The second kappa shape index (κ2) is 5.60. The van der Waals surface area contributed by atoms with Crippen molar-refractivity contribution in [3.8, 4) is 0 Å². The first-order valence-corrected chi connectivity index (χ1v) is 7.20. The number of anilines is 1. The van der Waals surface area contributed by atoms with Crippen LogP contribution in [0.5, 0.6) is 0 Å². The number of carbonyl (C=O) groups is 1. The number of rotatable bonds is 7. The van der Waals surface area contributed by atoms with Crippen LogP contribution in [0.1, 0.15) is 32.7 Å². The number of thioether (sulfide) groups is 1. The van der Waals surface area contributed by atoms with Crippen LogP contribution in [0.3, 0.4) is 0 Å². The van der Waals surface area contributed by atoms with Crippen LogP contribution in [0, 0.1) is 0 Å². The first-order valence-electron chi connectivity index (χ1n) is 6.21. The van der Waals surface area contributed by atoms with Crippen molar-refractivity contribution in [2.24, 2.45) is 0 Å². The van der Waals surface area contributed by atoms with E-state index in [4.69, 9.17) is 5.11 Å². The highest BCUT2D eigenvalue weighted by atomic mass is 32.2. The van der Waals surface area contributed by atoms with Gasteiger partial charge < -0.3 is 10.0 Å². The van der Waals surface area contributed by atoms with Crippen molar-refractivity contribution in [1.82, 2.24) is 14.8 Å². The highest BCUT2D eigenvalue weighted by Crippen LogP contribution is 2.40. The third kappa shape index (κ3) is 2.77. The topological polar surface area (TPSA) is 71.2 Å². The van der Waals surface area contributed by atoms with Crippen molar-refractivity contribution in [1.29, 1.82) is 0 Å². The lowest BCUT2D eigenvalue weighted by Crippen LogP contribution is -2.25. The van der Waals surface area contributed by atoms with E-state index in [2.05, 4.69) is 33.5 Å². The Morgan fingerprint density at radius 3 is 2.61 bits per heavy atom. The monoisotopic (exact) mass is 270 g/mol. The zero-order valence-corrected chi connectivity index (χ0v) is 11.5. The number of hydrogen-bond donors (Lipinski definition) is 1. The molecule has 1 saturated carbocycles. The van der Waals surface area contributed by atoms with E-state index in [9.17, 15) is 4.79 Å². The first kappa shape index (κ1) is 13.2. The van der Waals surface area contributed by atoms with Crippen LogP contribution in [0.4, 0.5) is 5.95 Å². The van der Waals surface area contributed by atoms with E-state index in [0.29, 0.717) is 6.04 Å². The van der Waals surface area contributed by atoms with E-state index >= 15 is 0 Å². The lowest BCUT2D eigenvalue weighted by Gasteiger charge is -2.20. The quantitative estimate of drug-likeness (QED) is 0.759. The van der Waals surface area contributed by atoms with E-state index in [0.717, 1.165) is 37.0 Å². The number of carboxylic acid groups (broad SMARTS) is 1. The predicted molar refractivity (Wildman–Crippen MR) is 70.2 cm³/mol. The fourth-order valence-electron chi connectivity index (χ4n) is 1.87. The Morgan fingerprint density at radius 2 is 2.11 bits per heavy atom. The average molecular weight is 270 g/mol. The third-order valence-electron chi connectivity index (χ3n) is 2.93. The number of aliphatic carboxylic acids is 1. The molecule has 0 unspecified atom stereocenters. The van der Waals surface area contributed by atoms with Gasteiger partial charge in [-0.05, 0) is 26.7 Å². The van der Waals surface area contributed by atoms with Gasteiger partial charge in [-0.1, -0.05) is 11.8 Å². The molecule has 0 aromatic carbocycles. The van der Waals surface area contributed by atoms with Crippen molar-refractivity contribution in [3.05, 3.63) is 0 Å². The molecule has 0 bridgehead atoms. The van der Waals surface area contributed by atoms with Gasteiger partial charge in [0, 0.05) is 19.1 Å². The molecule has 2 rings (SSSR count). The number of nitrogens with zero attached hydrogens (tertiary/aromatic N) is 4. The molecule has 0 aliphatic heterocycles. The summed E-state index contributed by atoms with van der Waals surface area (Å²) in [6.45, 7) is 5.93. The van der Waals surface area contributed by atoms with Gasteiger partial charge in [0.1, 0.15) is 0 Å². The molecular formula is C11H18N4O2S. The standard InChI is InChI=1S/C11H18N4O2S/c1-3-14(4-2)10-12-13-11(18-7-9(16)17)15(10)8-5-6-8/h8H,3-7H2,1-2H3,(H,16,17). The van der Waals surface area contributed by atoms with Crippen molar-refractivity contribution < 1.29 is 9.90 Å². The molecule has 1 aliphatic carbocycles. The van der Waals surface area contributed by atoms with E-state index in [1.54, 1.807) is 0 Å². The van der Waals surface area contributed by atoms with Crippen molar-refractivity contribution in [3.63, 3.8) is 0 Å². The number of carboxylic acids is 1. The summed E-state index contributed by atoms with van der Waals surface area (Å²) < 4.78 is 2.10. The number of aromatic nitrogens is 3. The Kier molecular flexibility index (Phi) is 4.11. The van der Waals surface area contributed by atoms with E-state index in [1.807, 2.05) is 0 Å². The molecule has 1 heterocycles. The highest BCUT2D eigenvalue weighted by molar-refractivity contribution is 7.99. The molecule has 0 radical (unpaired) electrons. The largest absolute Gasteiger partial charge is 0.481 e. The second-order valence-electron chi connectivity index (χ2n) is 4.24. The maximum atomic E-state index is 10.6. The van der Waals surface area contributed by atoms with E-state index in [-0.39, 0.29) is 5.75 Å². The van der Waals surface area contributed by atoms with Crippen molar-refractivity contribution in [2.75, 3.05) is 23.7 Å². The molecule has 6 nitrogen and oxygen atoms in total. The summed E-state index contributed by atoms with van der Waals surface area (Å²) in [5.74, 6) is 0.0773. The van der Waals surface area contributed by atoms with Crippen LogP contribution in [0.15, 0.2) is 5.16 Å². The van der Waals surface area contributed by atoms with Crippen LogP contribution < -0.4 is 4.90 Å². The lowest BCUT2D eigenvalue weighted by molar-refractivity contribution is -0.133. The van der Waals surface area contributed by atoms with Crippen LogP contribution in [0.25, 0.3) is 0 Å². The van der Waals surface area contributed by atoms with Crippen molar-refractivity contribution >= 4 is 23.7 Å². The van der Waals surface area contributed by atoms with Gasteiger partial charge in [0.25, 0.3) is 0 Å². The molecule has 18 heavy (non-hydrogen) atoms. The molecule has 1 aromatic heterocycles. The summed E-state index contributed by atoms with van der Waals surface area (Å²) in [5, 5.41) is 17.8. The predicted octanol–water partition coefficient (Wildman–Crippen LogP) is 1.64. The Hall–Kier alpha value is -1.24. The third-order valence-corrected chi connectivity index (χ3v) is 3.86. The molecule has 0 atom stereocenters. The summed E-state index contributed by atoms with van der Waals surface area (Å²) in [6.07, 6.45) is 2.26. The molecule has 1 aliphatic rings. The fourth-order valence-corrected chi connectivity index (χ4v) is 2.59. The molecule has 7 heteroatoms. The smallest absolute Gasteiger partial charge is 0.313 e. The van der Waals surface area contributed by atoms with Gasteiger partial charge in [0.15, 0.2) is 5.16 Å². The van der Waals surface area contributed by atoms with Gasteiger partial charge in [-0.25, -0.2) is 0 Å². The minimum atomic E-state index is -0.824. The van der Waals surface area contributed by atoms with Crippen LogP contribution in [0.2, 0.25) is 0 Å². The molecule has 1 aromatic rings. The summed E-state index contributed by atoms with van der Waals surface area (Å²) in [4.78, 5) is 12.8. The summed E-state index contributed by atoms with van der Waals surface area (Å²) >= 11 is 1.25. The van der Waals surface area contributed by atoms with E-state index in [1.165, 1.54) is 11.8 Å². The molecule has 0 amide bonds. The van der Waals surface area contributed by atoms with Gasteiger partial charge in [0.2, 0.25) is 5.95 Å². The van der Waals surface area contributed by atoms with Crippen LogP contribution >= 0.6 is 11.8 Å². The van der Waals surface area contributed by atoms with Crippen LogP contribution in [-0.4, -0.2) is 44.7 Å². The zero-order chi connectivity index (χ0) is 13.1. The highest BCUT2D eigenvalue weighted by Gasteiger charge is 2.31. The van der Waals surface area contributed by atoms with E-state index < -0.39 is 5.97 Å². The van der Waals surface area contributed by atoms with Gasteiger partial charge in [-0.3, -0.25) is 9.36 Å². The summed E-state index contributed by atoms with van der Waals surface area (Å²) in [6, 6.07) is 0.451. The molecule has 0 spiro atoms. The Bertz CT molecular complexity index is 427. The van der Waals surface area contributed by atoms with Gasteiger partial charge in [-0.15, -0.1) is 10.2 Å². The van der Waals surface area contributed by atoms with Crippen LogP contribution in [-0.2, 0) is 4.79 Å². The molecule has 100 valence electrons. The molecule has 0 saturated heterocycles. The SMILES string of the molecule is CCN(CC)c1nnc(SCC(=O)O)n1C1CC1. The normalized spacial score (nSPS) is 14.8. The Labute approximate surface area is 110 Å². The summed E-state index contributed by atoms with van der Waals surface area (Å²) in [7, 11) is 0. The van der Waals surface area contributed by atoms with Gasteiger partial charge >= 0.3 is 5.97 Å². The summed E-state index contributed by atoms with van der Waals surface area (Å²) in [5.41, 5.74) is 0. The number of hydrogen-bond acceptors (Lipinski definition) is 5. The minimum Gasteiger partial charge on any atom is -0.481 e. The Morgan fingerprint density at radius 1 is 1.44 bits per heavy atom. The second-order valence-corrected chi connectivity index (χ2v) is 5.18. The maximum absolute atomic E-state index is 10.6. The maximum Gasteiger partial charge on any atom is 0.313 e. The van der Waals surface area contributed by atoms with Crippen molar-refractivity contribution in [2.45, 2.75) is 37.9 Å². The Balaban J connectivity index is 2.22. The fraction of sp³-hybridized carbons (Fsp3) is 0.727. The first-order chi connectivity index (χ1) is 8.67. The zero-order valence-electron chi connectivity index (χ0n) is 10.7. The molecule has 1 N–H and O–H groups in total. The lowest BCUT2D eigenvalue weighted by atomic mass is 10.5. The van der Waals surface area contributed by atoms with Gasteiger partial charge in [0.05, 0.1) is 5.75 Å².